The molecule has 0 aliphatic carbocycles. The van der Waals surface area contributed by atoms with Crippen LogP contribution in [0.4, 0.5) is 4.39 Å². The van der Waals surface area contributed by atoms with Gasteiger partial charge in [-0.25, -0.2) is 4.39 Å². The zero-order valence-corrected chi connectivity index (χ0v) is 10.0. The number of hydrogen-bond donors (Lipinski definition) is 0. The number of allylic oxidation sites excluding steroid dienone is 1. The zero-order chi connectivity index (χ0) is 13.0. The minimum Gasteiger partial charge on any atom is -0.256 e. The average Bonchev–Trinajstić information content (AvgIpc) is 2.40. The van der Waals surface area contributed by atoms with Gasteiger partial charge in [-0.05, 0) is 30.3 Å². The van der Waals surface area contributed by atoms with E-state index in [1.165, 1.54) is 18.2 Å². The van der Waals surface area contributed by atoms with Crippen molar-refractivity contribution in [3.63, 3.8) is 0 Å². The Morgan fingerprint density at radius 1 is 1.28 bits per heavy atom. The maximum absolute atomic E-state index is 13.6. The summed E-state index contributed by atoms with van der Waals surface area (Å²) >= 11 is 5.90. The van der Waals surface area contributed by atoms with Gasteiger partial charge in [-0.15, -0.1) is 0 Å². The molecule has 4 heteroatoms. The molecule has 1 heterocycles. The molecule has 0 aliphatic heterocycles. The van der Waals surface area contributed by atoms with Crippen molar-refractivity contribution in [1.29, 1.82) is 5.26 Å². The number of nitriles is 1. The summed E-state index contributed by atoms with van der Waals surface area (Å²) in [5, 5.41) is 9.36. The molecule has 0 N–H and O–H groups in total. The molecule has 0 amide bonds. The molecule has 0 spiro atoms. The van der Waals surface area contributed by atoms with E-state index in [-0.39, 0.29) is 16.2 Å². The van der Waals surface area contributed by atoms with Crippen molar-refractivity contribution in [3.05, 3.63) is 64.7 Å². The molecule has 2 rings (SSSR count). The molecule has 18 heavy (non-hydrogen) atoms. The van der Waals surface area contributed by atoms with Gasteiger partial charge < -0.3 is 0 Å². The first-order chi connectivity index (χ1) is 8.72. The highest BCUT2D eigenvalue weighted by molar-refractivity contribution is 6.32. The van der Waals surface area contributed by atoms with Crippen molar-refractivity contribution >= 4 is 23.3 Å². The molecule has 2 nitrogen and oxygen atoms in total. The molecule has 0 saturated carbocycles. The van der Waals surface area contributed by atoms with Gasteiger partial charge >= 0.3 is 0 Å². The smallest absolute Gasteiger partial charge is 0.131 e. The Labute approximate surface area is 109 Å². The SMILES string of the molecule is N#CC(=Cc1c(F)cccc1Cl)c1ccccn1. The predicted octanol–water partition coefficient (Wildman–Crippen LogP) is 3.94. The van der Waals surface area contributed by atoms with E-state index >= 15 is 0 Å². The summed E-state index contributed by atoms with van der Waals surface area (Å²) in [6.45, 7) is 0. The molecule has 2 aromatic rings. The first-order valence-corrected chi connectivity index (χ1v) is 5.57. The molecule has 0 atom stereocenters. The monoisotopic (exact) mass is 258 g/mol. The molecule has 0 unspecified atom stereocenters. The summed E-state index contributed by atoms with van der Waals surface area (Å²) in [7, 11) is 0. The second-order valence-corrected chi connectivity index (χ2v) is 3.93. The van der Waals surface area contributed by atoms with Crippen LogP contribution in [0.1, 0.15) is 11.3 Å². The lowest BCUT2D eigenvalue weighted by Gasteiger charge is -2.02. The van der Waals surface area contributed by atoms with E-state index in [1.807, 2.05) is 6.07 Å². The highest BCUT2D eigenvalue weighted by Gasteiger charge is 2.07. The highest BCUT2D eigenvalue weighted by Crippen LogP contribution is 2.24. The molecule has 1 aromatic heterocycles. The number of halogens is 2. The number of nitrogens with zero attached hydrogens (tertiary/aromatic N) is 2. The standard InChI is InChI=1S/C14H8ClFN2/c15-12-4-3-5-13(16)11(12)8-10(9-17)14-6-1-2-7-18-14/h1-8H. The average molecular weight is 259 g/mol. The van der Waals surface area contributed by atoms with Gasteiger partial charge in [0.1, 0.15) is 11.9 Å². The number of pyridine rings is 1. The fourth-order valence-electron chi connectivity index (χ4n) is 1.48. The third-order valence-corrected chi connectivity index (χ3v) is 2.68. The van der Waals surface area contributed by atoms with Gasteiger partial charge in [0.25, 0.3) is 0 Å². The Balaban J connectivity index is 2.53. The fraction of sp³-hybridized carbons (Fsp3) is 0. The van der Waals surface area contributed by atoms with Crippen LogP contribution >= 0.6 is 11.6 Å². The summed E-state index contributed by atoms with van der Waals surface area (Å²) in [5.41, 5.74) is 0.947. The third-order valence-electron chi connectivity index (χ3n) is 2.35. The second-order valence-electron chi connectivity index (χ2n) is 3.52. The minimum atomic E-state index is -0.466. The molecule has 0 radical (unpaired) electrons. The number of benzene rings is 1. The van der Waals surface area contributed by atoms with Crippen LogP contribution in [0.15, 0.2) is 42.6 Å². The van der Waals surface area contributed by atoms with E-state index in [0.29, 0.717) is 5.69 Å². The number of hydrogen-bond acceptors (Lipinski definition) is 2. The zero-order valence-electron chi connectivity index (χ0n) is 9.27. The van der Waals surface area contributed by atoms with Gasteiger partial charge in [-0.2, -0.15) is 5.26 Å². The predicted molar refractivity (Wildman–Crippen MR) is 69.1 cm³/mol. The van der Waals surface area contributed by atoms with Gasteiger partial charge in [-0.1, -0.05) is 23.7 Å². The van der Waals surface area contributed by atoms with Crippen LogP contribution < -0.4 is 0 Å². The van der Waals surface area contributed by atoms with E-state index in [0.717, 1.165) is 0 Å². The van der Waals surface area contributed by atoms with Crippen molar-refractivity contribution < 1.29 is 4.39 Å². The van der Waals surface area contributed by atoms with Gasteiger partial charge in [0, 0.05) is 11.8 Å². The van der Waals surface area contributed by atoms with Crippen molar-refractivity contribution in [3.8, 4) is 6.07 Å². The number of rotatable bonds is 2. The van der Waals surface area contributed by atoms with Crippen LogP contribution in [0, 0.1) is 17.1 Å². The highest BCUT2D eigenvalue weighted by atomic mass is 35.5. The van der Waals surface area contributed by atoms with Crippen LogP contribution in [0.5, 0.6) is 0 Å². The maximum Gasteiger partial charge on any atom is 0.131 e. The number of aromatic nitrogens is 1. The van der Waals surface area contributed by atoms with Crippen LogP contribution in [-0.4, -0.2) is 4.98 Å². The van der Waals surface area contributed by atoms with Crippen molar-refractivity contribution in [2.45, 2.75) is 0 Å². The summed E-state index contributed by atoms with van der Waals surface area (Å²) in [4.78, 5) is 4.05. The lowest BCUT2D eigenvalue weighted by Crippen LogP contribution is -1.88. The van der Waals surface area contributed by atoms with Gasteiger partial charge in [0.05, 0.1) is 16.3 Å². The molecule has 1 aromatic carbocycles. The Morgan fingerprint density at radius 3 is 2.72 bits per heavy atom. The largest absolute Gasteiger partial charge is 0.256 e. The van der Waals surface area contributed by atoms with Crippen LogP contribution in [0.25, 0.3) is 11.6 Å². The second kappa shape index (κ2) is 5.44. The Hall–Kier alpha value is -2.18. The third kappa shape index (κ3) is 2.55. The first kappa shape index (κ1) is 12.3. The van der Waals surface area contributed by atoms with Gasteiger partial charge in [0.15, 0.2) is 0 Å². The lowest BCUT2D eigenvalue weighted by molar-refractivity contribution is 0.625. The summed E-state index contributed by atoms with van der Waals surface area (Å²) in [6.07, 6.45) is 2.98. The van der Waals surface area contributed by atoms with Gasteiger partial charge in [0.2, 0.25) is 0 Å². The van der Waals surface area contributed by atoms with Crippen molar-refractivity contribution in [2.75, 3.05) is 0 Å². The Bertz CT molecular complexity index is 610. The van der Waals surface area contributed by atoms with E-state index in [1.54, 1.807) is 30.5 Å². The van der Waals surface area contributed by atoms with Crippen molar-refractivity contribution in [2.24, 2.45) is 0 Å². The topological polar surface area (TPSA) is 36.7 Å². The first-order valence-electron chi connectivity index (χ1n) is 5.19. The maximum atomic E-state index is 13.6. The van der Waals surface area contributed by atoms with Crippen LogP contribution in [0.3, 0.4) is 0 Å². The molecule has 88 valence electrons. The van der Waals surface area contributed by atoms with E-state index in [2.05, 4.69) is 4.98 Å². The summed E-state index contributed by atoms with van der Waals surface area (Å²) in [5.74, 6) is -0.466. The molecular formula is C14H8ClFN2. The van der Waals surface area contributed by atoms with E-state index < -0.39 is 5.82 Å². The normalized spacial score (nSPS) is 11.1. The Morgan fingerprint density at radius 2 is 2.11 bits per heavy atom. The van der Waals surface area contributed by atoms with Crippen molar-refractivity contribution in [1.82, 2.24) is 4.98 Å². The molecule has 0 saturated heterocycles. The molecule has 0 aliphatic rings. The minimum absolute atomic E-state index is 0.196. The molecule has 0 fully saturated rings. The lowest BCUT2D eigenvalue weighted by atomic mass is 10.1. The summed E-state index contributed by atoms with van der Waals surface area (Å²) in [6, 6.07) is 11.6. The fourth-order valence-corrected chi connectivity index (χ4v) is 1.70. The Kier molecular flexibility index (Phi) is 3.71. The molecule has 0 bridgehead atoms. The van der Waals surface area contributed by atoms with Gasteiger partial charge in [-0.3, -0.25) is 4.98 Å². The van der Waals surface area contributed by atoms with E-state index in [9.17, 15) is 4.39 Å². The summed E-state index contributed by atoms with van der Waals surface area (Å²) < 4.78 is 13.6. The quantitative estimate of drug-likeness (QED) is 0.765. The van der Waals surface area contributed by atoms with E-state index in [4.69, 9.17) is 16.9 Å². The van der Waals surface area contributed by atoms with Crippen LogP contribution in [-0.2, 0) is 0 Å². The molecular weight excluding hydrogens is 251 g/mol. The van der Waals surface area contributed by atoms with Crippen LogP contribution in [0.2, 0.25) is 5.02 Å².